The summed E-state index contributed by atoms with van der Waals surface area (Å²) in [5.74, 6) is 0. The first kappa shape index (κ1) is 25.0. The van der Waals surface area contributed by atoms with E-state index < -0.39 is 23.5 Å². The molecule has 0 N–H and O–H groups in total. The van der Waals surface area contributed by atoms with E-state index in [0.29, 0.717) is 16.8 Å². The van der Waals surface area contributed by atoms with Gasteiger partial charge in [-0.25, -0.2) is 0 Å². The predicted octanol–water partition coefficient (Wildman–Crippen LogP) is 7.14. The summed E-state index contributed by atoms with van der Waals surface area (Å²) < 4.78 is 73.2. The number of hydrogen-bond acceptors (Lipinski definition) is 1. The summed E-state index contributed by atoms with van der Waals surface area (Å²) in [5, 5.41) is 0. The number of rotatable bonds is 1. The molecule has 0 amide bonds. The summed E-state index contributed by atoms with van der Waals surface area (Å²) in [6.45, 7) is 3.39. The molecule has 156 valence electrons. The summed E-state index contributed by atoms with van der Waals surface area (Å²) in [6.07, 6.45) is -7.06. The van der Waals surface area contributed by atoms with Crippen molar-refractivity contribution in [2.24, 2.45) is 0 Å². The molecule has 0 radical (unpaired) electrons. The van der Waals surface area contributed by atoms with E-state index >= 15 is 0 Å². The van der Waals surface area contributed by atoms with E-state index in [4.69, 9.17) is 0 Å². The zero-order valence-electron chi connectivity index (χ0n) is 14.5. The molecule has 9 heteroatoms. The van der Waals surface area contributed by atoms with E-state index in [9.17, 15) is 26.3 Å². The van der Waals surface area contributed by atoms with Gasteiger partial charge in [0.25, 0.3) is 0 Å². The summed E-state index contributed by atoms with van der Waals surface area (Å²) >= 11 is 1.47. The molecule has 0 unspecified atom stereocenters. The Bertz CT molecular complexity index is 882. The van der Waals surface area contributed by atoms with Gasteiger partial charge in [0, 0.05) is 6.20 Å². The monoisotopic (exact) mass is 609 g/mol. The first-order valence-electron chi connectivity index (χ1n) is 7.69. The molecule has 3 aromatic rings. The van der Waals surface area contributed by atoms with Crippen molar-refractivity contribution in [3.05, 3.63) is 96.5 Å². The Kier molecular flexibility index (Phi) is 9.69. The van der Waals surface area contributed by atoms with Gasteiger partial charge in [-0.1, -0.05) is 18.2 Å². The van der Waals surface area contributed by atoms with E-state index in [0.717, 1.165) is 24.3 Å². The third-order valence-corrected chi connectivity index (χ3v) is 3.32. The van der Waals surface area contributed by atoms with E-state index in [-0.39, 0.29) is 0 Å². The Hall–Kier alpha value is -2.02. The molecular formula is C20H13ClF6IrN. The summed E-state index contributed by atoms with van der Waals surface area (Å²) in [6, 6.07) is 16.0. The van der Waals surface area contributed by atoms with E-state index in [1.807, 2.05) is 0 Å². The van der Waals surface area contributed by atoms with Crippen LogP contribution in [0.1, 0.15) is 16.7 Å². The van der Waals surface area contributed by atoms with E-state index in [2.05, 4.69) is 27.6 Å². The van der Waals surface area contributed by atoms with Crippen molar-refractivity contribution >= 4 is 9.58 Å². The van der Waals surface area contributed by atoms with Gasteiger partial charge in [0.2, 0.25) is 0 Å². The van der Waals surface area contributed by atoms with Crippen molar-refractivity contribution in [3.63, 3.8) is 0 Å². The SMILES string of the molecule is FC(F)(F)c1cc[c-]c(-c2ccccn2)c1.[CH2-]c1cccc(C(F)(F)F)c1.[Cl][Ir+2]. The molecule has 2 aromatic carbocycles. The summed E-state index contributed by atoms with van der Waals surface area (Å²) in [4.78, 5) is 3.97. The van der Waals surface area contributed by atoms with Gasteiger partial charge in [0.15, 0.2) is 0 Å². The normalized spacial score (nSPS) is 10.9. The van der Waals surface area contributed by atoms with Gasteiger partial charge in [0.05, 0.1) is 0 Å². The Labute approximate surface area is 178 Å². The van der Waals surface area contributed by atoms with Gasteiger partial charge in [-0.05, 0) is 22.9 Å². The molecule has 0 fully saturated rings. The van der Waals surface area contributed by atoms with Crippen LogP contribution in [-0.2, 0) is 30.2 Å². The second-order valence-corrected chi connectivity index (χ2v) is 5.40. The Morgan fingerprint density at radius 2 is 1.45 bits per heavy atom. The fourth-order valence-corrected chi connectivity index (χ4v) is 2.06. The van der Waals surface area contributed by atoms with Gasteiger partial charge in [-0.15, -0.1) is 35.9 Å². The van der Waals surface area contributed by atoms with Gasteiger partial charge in [-0.3, -0.25) is 0 Å². The van der Waals surface area contributed by atoms with E-state index in [1.54, 1.807) is 18.2 Å². The van der Waals surface area contributed by atoms with Crippen LogP contribution in [0.3, 0.4) is 0 Å². The molecule has 1 aromatic heterocycles. The van der Waals surface area contributed by atoms with Crippen LogP contribution in [0.4, 0.5) is 26.3 Å². The molecule has 0 spiro atoms. The molecule has 0 aliphatic rings. The van der Waals surface area contributed by atoms with Gasteiger partial charge in [-0.2, -0.15) is 51.0 Å². The van der Waals surface area contributed by atoms with E-state index in [1.165, 1.54) is 42.3 Å². The third-order valence-electron chi connectivity index (χ3n) is 3.32. The van der Waals surface area contributed by atoms with Crippen LogP contribution in [0, 0.1) is 13.0 Å². The number of alkyl halides is 6. The number of nitrogens with zero attached hydrogens (tertiary/aromatic N) is 1. The minimum absolute atomic E-state index is 0.343. The molecule has 0 atom stereocenters. The zero-order valence-corrected chi connectivity index (χ0v) is 17.6. The Balaban J connectivity index is 0.000000284. The summed E-state index contributed by atoms with van der Waals surface area (Å²) in [5.41, 5.74) is -0.138. The molecule has 0 saturated carbocycles. The van der Waals surface area contributed by atoms with Crippen LogP contribution in [0.2, 0.25) is 0 Å². The average Bonchev–Trinajstić information content (AvgIpc) is 2.70. The molecule has 1 nitrogen and oxygen atoms in total. The van der Waals surface area contributed by atoms with Gasteiger partial charge >= 0.3 is 39.8 Å². The number of aromatic nitrogens is 1. The van der Waals surface area contributed by atoms with Crippen LogP contribution in [0.15, 0.2) is 66.9 Å². The van der Waals surface area contributed by atoms with Crippen molar-refractivity contribution in [1.29, 1.82) is 0 Å². The van der Waals surface area contributed by atoms with Crippen molar-refractivity contribution in [2.45, 2.75) is 12.4 Å². The molecule has 29 heavy (non-hydrogen) atoms. The molecule has 0 aliphatic carbocycles. The van der Waals surface area contributed by atoms with Crippen LogP contribution in [-0.4, -0.2) is 4.98 Å². The minimum atomic E-state index is -4.33. The quantitative estimate of drug-likeness (QED) is 0.211. The Morgan fingerprint density at radius 1 is 0.828 bits per heavy atom. The van der Waals surface area contributed by atoms with Crippen molar-refractivity contribution < 1.29 is 44.2 Å². The number of halogens is 7. The molecule has 0 saturated heterocycles. The second-order valence-electron chi connectivity index (χ2n) is 5.40. The fraction of sp³-hybridized carbons (Fsp3) is 0.100. The molecule has 0 aliphatic heterocycles. The first-order chi connectivity index (χ1) is 13.6. The maximum atomic E-state index is 12.4. The summed E-state index contributed by atoms with van der Waals surface area (Å²) in [7, 11) is 4.64. The number of benzene rings is 2. The van der Waals surface area contributed by atoms with Crippen LogP contribution in [0.25, 0.3) is 11.3 Å². The third kappa shape index (κ3) is 8.48. The van der Waals surface area contributed by atoms with Crippen molar-refractivity contribution in [3.8, 4) is 11.3 Å². The molecular weight excluding hydrogens is 596 g/mol. The molecule has 0 bridgehead atoms. The van der Waals surface area contributed by atoms with Crippen LogP contribution < -0.4 is 0 Å². The maximum absolute atomic E-state index is 12.4. The van der Waals surface area contributed by atoms with Crippen LogP contribution >= 0.6 is 9.58 Å². The predicted molar refractivity (Wildman–Crippen MR) is 95.3 cm³/mol. The molecule has 1 heterocycles. The molecule has 3 rings (SSSR count). The first-order valence-corrected chi connectivity index (χ1v) is 10.7. The van der Waals surface area contributed by atoms with Crippen molar-refractivity contribution in [1.82, 2.24) is 4.98 Å². The standard InChI is InChI=1S/C12H7F3N.C8H6F3.ClH.Ir/c13-12(14,15)10-5-3-4-9(8-10)11-6-1-2-7-16-11;1-6-3-2-4-7(5-6)8(9,10)11;;/h1-3,5-8H;2-5H,1H2;1H;/q2*-1;;+3/p-1. The van der Waals surface area contributed by atoms with Crippen molar-refractivity contribution in [2.75, 3.05) is 0 Å². The van der Waals surface area contributed by atoms with Gasteiger partial charge in [0.1, 0.15) is 0 Å². The number of pyridine rings is 1. The number of hydrogen-bond donors (Lipinski definition) is 0. The van der Waals surface area contributed by atoms with Gasteiger partial charge < -0.3 is 4.98 Å². The van der Waals surface area contributed by atoms with Crippen LogP contribution in [0.5, 0.6) is 0 Å². The fourth-order valence-electron chi connectivity index (χ4n) is 2.06. The average molecular weight is 609 g/mol. The topological polar surface area (TPSA) is 12.9 Å². The zero-order chi connectivity index (χ0) is 22.1. The Morgan fingerprint density at radius 3 is 1.93 bits per heavy atom. The second kappa shape index (κ2) is 11.2.